The number of fused-ring (bicyclic) bond motifs is 2. The van der Waals surface area contributed by atoms with Crippen LogP contribution in [0.4, 0.5) is 0 Å². The number of aryl methyl sites for hydroxylation is 1. The number of carboxylic acid groups (broad SMARTS) is 1. The minimum Gasteiger partial charge on any atom is -0.477 e. The topological polar surface area (TPSA) is 211 Å². The molecule has 2 saturated heterocycles. The number of rotatable bonds is 6. The van der Waals surface area contributed by atoms with Crippen LogP contribution in [0, 0.1) is 22.1 Å². The maximum Gasteiger partial charge on any atom is 0.353 e. The van der Waals surface area contributed by atoms with E-state index in [4.69, 9.17) is 18.6 Å². The van der Waals surface area contributed by atoms with Gasteiger partial charge in [0.1, 0.15) is 18.0 Å². The number of thiazole rings is 1. The maximum atomic E-state index is 12.5. The molecule has 37 heavy (non-hydrogen) atoms. The van der Waals surface area contributed by atoms with Gasteiger partial charge in [-0.25, -0.2) is 28.0 Å². The minimum absolute atomic E-state index is 0.0535. The fraction of sp³-hybridized carbons (Fsp3) is 0.571. The molecule has 0 saturated carbocycles. The highest BCUT2D eigenvalue weighted by molar-refractivity contribution is 8.03. The molecule has 3 aliphatic rings. The summed E-state index contributed by atoms with van der Waals surface area (Å²) in [6.45, 7) is 4.15. The number of carbonyl (C=O) groups excluding carboxylic acids is 1. The van der Waals surface area contributed by atoms with Crippen molar-refractivity contribution in [2.24, 2.45) is 18.9 Å². The van der Waals surface area contributed by atoms with E-state index in [0.717, 1.165) is 10.5 Å². The van der Waals surface area contributed by atoms with Crippen molar-refractivity contribution in [1.29, 1.82) is 0 Å². The highest BCUT2D eigenvalue weighted by atomic mass is 35.7. The van der Waals surface area contributed by atoms with Crippen molar-refractivity contribution in [2.75, 3.05) is 6.54 Å². The molecule has 1 amide bonds. The molecule has 2 aromatic heterocycles. The number of imidazole rings is 1. The van der Waals surface area contributed by atoms with Gasteiger partial charge in [0.25, 0.3) is 0 Å². The van der Waals surface area contributed by atoms with Crippen LogP contribution in [0.3, 0.4) is 0 Å². The molecule has 16 heteroatoms. The lowest BCUT2D eigenvalue weighted by atomic mass is 9.79. The van der Waals surface area contributed by atoms with E-state index in [1.165, 1.54) is 16.7 Å². The summed E-state index contributed by atoms with van der Waals surface area (Å²) in [4.78, 5) is 27.6. The summed E-state index contributed by atoms with van der Waals surface area (Å²) in [5.41, 5.74) is 0.890. The van der Waals surface area contributed by atoms with Crippen LogP contribution in [0.25, 0.3) is 4.83 Å². The lowest BCUT2D eigenvalue weighted by molar-refractivity contribution is -2.00. The Morgan fingerprint density at radius 1 is 1.32 bits per heavy atom. The number of hydrogen-bond donors (Lipinski definition) is 4. The summed E-state index contributed by atoms with van der Waals surface area (Å²) in [5, 5.41) is 36.3. The van der Waals surface area contributed by atoms with Crippen LogP contribution in [-0.2, 0) is 16.6 Å². The first-order valence-corrected chi connectivity index (χ1v) is 14.3. The number of aromatic nitrogens is 2. The van der Waals surface area contributed by atoms with Crippen LogP contribution in [0.2, 0.25) is 0 Å². The maximum absolute atomic E-state index is 12.5. The van der Waals surface area contributed by atoms with E-state index in [-0.39, 0.29) is 34.9 Å². The number of nitrogens with one attached hydrogen (secondary N) is 1. The number of nitrogens with zero attached hydrogens (tertiary/aromatic N) is 3. The van der Waals surface area contributed by atoms with Gasteiger partial charge in [-0.15, -0.1) is 22.0 Å². The molecule has 0 radical (unpaired) electrons. The number of halogens is 1. The lowest BCUT2D eigenvalue weighted by Crippen LogP contribution is -2.68. The fourth-order valence-corrected chi connectivity index (χ4v) is 7.79. The first kappa shape index (κ1) is 28.2. The Balaban J connectivity index is 0.000000586. The van der Waals surface area contributed by atoms with Crippen LogP contribution in [0.15, 0.2) is 28.5 Å². The molecule has 0 aliphatic carbocycles. The van der Waals surface area contributed by atoms with Gasteiger partial charge in [0.15, 0.2) is 5.69 Å². The number of carbonyl (C=O) groups is 2. The Labute approximate surface area is 222 Å². The third-order valence-electron chi connectivity index (χ3n) is 6.84. The monoisotopic (exact) mass is 578 g/mol. The Kier molecular flexibility index (Phi) is 7.94. The standard InChI is InChI=1S/C21H26N4O5S2.ClHO4/c1-9-16-15(10(2)26)20(28)25(16)17(21(29)30)19(9)32-11-4-12(22-5-11)18(27)13-7-31-14-6-23(3)8-24(13)14;2-1(3,4)5/h6-12,15-16,18,22,26-27H,4-5H2,1-3H3;(H,2,3,4,5)/t9-,10-,11+,12+,15-,16-,18?;/m1./s1. The van der Waals surface area contributed by atoms with Gasteiger partial charge in [0.05, 0.1) is 25.1 Å². The zero-order valence-electron chi connectivity index (χ0n) is 20.0. The van der Waals surface area contributed by atoms with E-state index in [1.807, 2.05) is 40.8 Å². The number of aliphatic hydroxyl groups is 2. The van der Waals surface area contributed by atoms with E-state index < -0.39 is 34.3 Å². The Bertz CT molecular complexity index is 1220. The van der Waals surface area contributed by atoms with Crippen LogP contribution >= 0.6 is 23.1 Å². The van der Waals surface area contributed by atoms with Crippen molar-refractivity contribution < 1.29 is 58.4 Å². The third-order valence-corrected chi connectivity index (χ3v) is 9.26. The second-order valence-electron chi connectivity index (χ2n) is 9.36. The zero-order valence-corrected chi connectivity index (χ0v) is 22.4. The van der Waals surface area contributed by atoms with Crippen LogP contribution in [0.1, 0.15) is 32.1 Å². The highest BCUT2D eigenvalue weighted by Gasteiger charge is 2.60. The third kappa shape index (κ3) is 5.52. The van der Waals surface area contributed by atoms with Crippen LogP contribution in [-0.4, -0.2) is 66.5 Å². The van der Waals surface area contributed by atoms with Gasteiger partial charge in [-0.2, -0.15) is 4.40 Å². The lowest BCUT2D eigenvalue weighted by Gasteiger charge is -2.46. The van der Waals surface area contributed by atoms with Gasteiger partial charge in [-0.05, 0) is 13.3 Å². The second kappa shape index (κ2) is 10.4. The molecule has 1 unspecified atom stereocenters. The number of carboxylic acids is 1. The Morgan fingerprint density at radius 2 is 1.97 bits per heavy atom. The fourth-order valence-electron chi connectivity index (χ4n) is 5.31. The number of thioether (sulfide) groups is 1. The molecular formula is C21H27ClN4O9S2. The first-order valence-electron chi connectivity index (χ1n) is 11.3. The molecule has 4 N–H and O–H groups in total. The summed E-state index contributed by atoms with van der Waals surface area (Å²) in [5.74, 6) is -2.13. The summed E-state index contributed by atoms with van der Waals surface area (Å²) in [6.07, 6.45) is 3.13. The molecule has 0 aromatic carbocycles. The van der Waals surface area contributed by atoms with Gasteiger partial charge >= 0.3 is 5.97 Å². The van der Waals surface area contributed by atoms with E-state index in [1.54, 1.807) is 18.3 Å². The molecule has 204 valence electrons. The molecule has 0 bridgehead atoms. The van der Waals surface area contributed by atoms with Crippen molar-refractivity contribution in [1.82, 2.24) is 14.6 Å². The summed E-state index contributed by atoms with van der Waals surface area (Å²) < 4.78 is 37.9. The van der Waals surface area contributed by atoms with Gasteiger partial charge < -0.3 is 25.5 Å². The molecule has 2 aromatic rings. The normalized spacial score (nSPS) is 29.2. The predicted molar refractivity (Wildman–Crippen MR) is 119 cm³/mol. The number of β-lactam (4-membered cyclic amide) rings is 1. The number of aliphatic hydroxyl groups excluding tert-OH is 2. The van der Waals surface area contributed by atoms with Crippen molar-refractivity contribution in [3.8, 4) is 0 Å². The van der Waals surface area contributed by atoms with Crippen molar-refractivity contribution in [3.63, 3.8) is 0 Å². The molecule has 0 spiro atoms. The van der Waals surface area contributed by atoms with Crippen molar-refractivity contribution >= 4 is 39.8 Å². The average molecular weight is 579 g/mol. The highest BCUT2D eigenvalue weighted by Crippen LogP contribution is 2.52. The van der Waals surface area contributed by atoms with E-state index in [9.17, 15) is 24.9 Å². The second-order valence-corrected chi connectivity index (χ2v) is 12.4. The smallest absolute Gasteiger partial charge is 0.353 e. The summed E-state index contributed by atoms with van der Waals surface area (Å²) in [7, 11) is -3.00. The number of amides is 1. The van der Waals surface area contributed by atoms with Gasteiger partial charge in [-0.3, -0.25) is 4.79 Å². The van der Waals surface area contributed by atoms with Crippen molar-refractivity contribution in [3.05, 3.63) is 34.2 Å². The Hall–Kier alpha value is -1.79. The predicted octanol–water partition coefficient (Wildman–Crippen LogP) is -4.28. The zero-order chi connectivity index (χ0) is 27.4. The van der Waals surface area contributed by atoms with Gasteiger partial charge in [-0.1, -0.05) is 18.3 Å². The molecule has 3 aliphatic heterocycles. The number of hydrogen-bond acceptors (Lipinski definition) is 11. The molecular weight excluding hydrogens is 552 g/mol. The van der Waals surface area contributed by atoms with Crippen LogP contribution < -0.4 is 28.5 Å². The van der Waals surface area contributed by atoms with Crippen LogP contribution in [0.5, 0.6) is 0 Å². The van der Waals surface area contributed by atoms with Gasteiger partial charge in [0, 0.05) is 34.0 Å². The largest absolute Gasteiger partial charge is 0.477 e. The number of aliphatic carboxylic acids is 1. The molecule has 5 heterocycles. The van der Waals surface area contributed by atoms with E-state index >= 15 is 0 Å². The minimum atomic E-state index is -4.94. The summed E-state index contributed by atoms with van der Waals surface area (Å²) >= 11 is 3.07. The van der Waals surface area contributed by atoms with E-state index in [2.05, 4.69) is 5.32 Å². The quantitative estimate of drug-likeness (QED) is 0.190. The van der Waals surface area contributed by atoms with Crippen molar-refractivity contribution in [2.45, 2.75) is 49.8 Å². The molecule has 2 fully saturated rings. The molecule has 5 rings (SSSR count). The molecule has 7 atom stereocenters. The summed E-state index contributed by atoms with van der Waals surface area (Å²) in [6, 6.07) is -0.451. The molecule has 13 nitrogen and oxygen atoms in total. The Morgan fingerprint density at radius 3 is 2.57 bits per heavy atom. The van der Waals surface area contributed by atoms with Gasteiger partial charge in [0.2, 0.25) is 17.1 Å². The SMILES string of the molecule is C[C@@H](O)[C@H]1C(=O)N2C(C(=O)O)=C(S[C@@H]3CN[C@H](C(O)c4csc5c[n+](C)cn45)C3)[C@H](C)[C@H]12.[O-][Cl+3]([O-])([O-])[O-]. The average Bonchev–Trinajstić information content (AvgIpc) is 3.50. The first-order chi connectivity index (χ1) is 17.2. The van der Waals surface area contributed by atoms with E-state index in [0.29, 0.717) is 17.9 Å².